The molecule has 1 aliphatic rings. The number of hydrogen-bond donors (Lipinski definition) is 1. The van der Waals surface area contributed by atoms with E-state index in [0.717, 1.165) is 0 Å². The number of rotatable bonds is 3. The van der Waals surface area contributed by atoms with E-state index in [9.17, 15) is 0 Å². The van der Waals surface area contributed by atoms with Crippen molar-refractivity contribution >= 4 is 11.3 Å². The molecule has 1 aromatic rings. The summed E-state index contributed by atoms with van der Waals surface area (Å²) in [5.41, 5.74) is 0. The summed E-state index contributed by atoms with van der Waals surface area (Å²) in [6.07, 6.45) is 2.63. The lowest BCUT2D eigenvalue weighted by atomic mass is 10.0. The van der Waals surface area contributed by atoms with E-state index in [1.165, 1.54) is 24.3 Å². The number of likely N-dealkylation sites (N-methyl/N-ethyl adjacent to an activating group) is 1. The smallest absolute Gasteiger partial charge is 0.0590 e. The van der Waals surface area contributed by atoms with Gasteiger partial charge in [-0.1, -0.05) is 6.07 Å². The van der Waals surface area contributed by atoms with Gasteiger partial charge in [-0.2, -0.15) is 0 Å². The van der Waals surface area contributed by atoms with Gasteiger partial charge in [-0.05, 0) is 44.9 Å². The van der Waals surface area contributed by atoms with Crippen LogP contribution < -0.4 is 5.32 Å². The minimum absolute atomic E-state index is 0.553. The van der Waals surface area contributed by atoms with Gasteiger partial charge in [0.2, 0.25) is 0 Å². The SMILES string of the molecule is CN(C)C(c1cccs1)C1CCCN1. The Labute approximate surface area is 89.9 Å². The first-order valence-electron chi connectivity index (χ1n) is 5.22. The van der Waals surface area contributed by atoms with Crippen molar-refractivity contribution in [3.63, 3.8) is 0 Å². The average Bonchev–Trinajstić information content (AvgIpc) is 2.75. The molecule has 1 aromatic heterocycles. The molecule has 1 saturated heterocycles. The monoisotopic (exact) mass is 210 g/mol. The molecule has 3 heteroatoms. The molecule has 1 aliphatic heterocycles. The predicted molar refractivity (Wildman–Crippen MR) is 61.8 cm³/mol. The van der Waals surface area contributed by atoms with Crippen molar-refractivity contribution in [1.82, 2.24) is 10.2 Å². The molecule has 0 bridgehead atoms. The Hall–Kier alpha value is -0.380. The van der Waals surface area contributed by atoms with Gasteiger partial charge in [0.15, 0.2) is 0 Å². The number of thiophene rings is 1. The summed E-state index contributed by atoms with van der Waals surface area (Å²) in [5.74, 6) is 0. The Morgan fingerprint density at radius 3 is 2.93 bits per heavy atom. The maximum atomic E-state index is 3.59. The Morgan fingerprint density at radius 2 is 2.43 bits per heavy atom. The van der Waals surface area contributed by atoms with Crippen molar-refractivity contribution in [3.05, 3.63) is 22.4 Å². The summed E-state index contributed by atoms with van der Waals surface area (Å²) in [5, 5.41) is 5.76. The fourth-order valence-corrected chi connectivity index (χ4v) is 3.24. The first kappa shape index (κ1) is 10.1. The van der Waals surface area contributed by atoms with Crippen LogP contribution in [0, 0.1) is 0 Å². The predicted octanol–water partition coefficient (Wildman–Crippen LogP) is 2.10. The molecule has 14 heavy (non-hydrogen) atoms. The highest BCUT2D eigenvalue weighted by atomic mass is 32.1. The third-order valence-electron chi connectivity index (χ3n) is 2.87. The second-order valence-corrected chi connectivity index (χ2v) is 5.11. The van der Waals surface area contributed by atoms with Gasteiger partial charge < -0.3 is 10.2 Å². The third kappa shape index (κ3) is 2.00. The molecule has 0 spiro atoms. The van der Waals surface area contributed by atoms with Crippen LogP contribution in [0.4, 0.5) is 0 Å². The standard InChI is InChI=1S/C11H18N2S/c1-13(2)11(9-5-3-7-12-9)10-6-4-8-14-10/h4,6,8-9,11-12H,3,5,7H2,1-2H3. The first-order chi connectivity index (χ1) is 6.79. The third-order valence-corrected chi connectivity index (χ3v) is 3.81. The fourth-order valence-electron chi connectivity index (χ4n) is 2.25. The summed E-state index contributed by atoms with van der Waals surface area (Å²) >= 11 is 1.86. The van der Waals surface area contributed by atoms with E-state index in [-0.39, 0.29) is 0 Å². The van der Waals surface area contributed by atoms with E-state index in [1.54, 1.807) is 0 Å². The molecule has 0 radical (unpaired) electrons. The van der Waals surface area contributed by atoms with Crippen LogP contribution in [-0.4, -0.2) is 31.6 Å². The molecule has 78 valence electrons. The summed E-state index contributed by atoms with van der Waals surface area (Å²) in [4.78, 5) is 3.81. The lowest BCUT2D eigenvalue weighted by molar-refractivity contribution is 0.248. The second kappa shape index (κ2) is 4.43. The van der Waals surface area contributed by atoms with E-state index in [1.807, 2.05) is 11.3 Å². The quantitative estimate of drug-likeness (QED) is 0.822. The van der Waals surface area contributed by atoms with Crippen LogP contribution in [0.15, 0.2) is 17.5 Å². The highest BCUT2D eigenvalue weighted by Crippen LogP contribution is 2.30. The van der Waals surface area contributed by atoms with Crippen molar-refractivity contribution in [2.24, 2.45) is 0 Å². The molecule has 2 rings (SSSR count). The summed E-state index contributed by atoms with van der Waals surface area (Å²) in [7, 11) is 4.34. The van der Waals surface area contributed by atoms with E-state index in [2.05, 4.69) is 41.8 Å². The molecule has 2 nitrogen and oxygen atoms in total. The van der Waals surface area contributed by atoms with E-state index >= 15 is 0 Å². The highest BCUT2D eigenvalue weighted by molar-refractivity contribution is 7.10. The van der Waals surface area contributed by atoms with Crippen LogP contribution in [0.3, 0.4) is 0 Å². The van der Waals surface area contributed by atoms with Crippen LogP contribution in [0.25, 0.3) is 0 Å². The zero-order valence-electron chi connectivity index (χ0n) is 8.86. The topological polar surface area (TPSA) is 15.3 Å². The zero-order valence-corrected chi connectivity index (χ0v) is 9.68. The second-order valence-electron chi connectivity index (χ2n) is 4.13. The van der Waals surface area contributed by atoms with Gasteiger partial charge in [-0.3, -0.25) is 0 Å². The van der Waals surface area contributed by atoms with Crippen molar-refractivity contribution in [1.29, 1.82) is 0 Å². The molecule has 1 fully saturated rings. The minimum Gasteiger partial charge on any atom is -0.312 e. The van der Waals surface area contributed by atoms with Gasteiger partial charge in [-0.15, -0.1) is 11.3 Å². The van der Waals surface area contributed by atoms with Crippen LogP contribution in [0.1, 0.15) is 23.8 Å². The number of nitrogens with one attached hydrogen (secondary N) is 1. The lowest BCUT2D eigenvalue weighted by Gasteiger charge is -2.29. The van der Waals surface area contributed by atoms with Gasteiger partial charge in [0.05, 0.1) is 6.04 Å². The number of hydrogen-bond acceptors (Lipinski definition) is 3. The van der Waals surface area contributed by atoms with E-state index in [0.29, 0.717) is 12.1 Å². The largest absolute Gasteiger partial charge is 0.312 e. The van der Waals surface area contributed by atoms with Crippen molar-refractivity contribution in [2.45, 2.75) is 24.9 Å². The molecular formula is C11H18N2S. The molecule has 1 N–H and O–H groups in total. The molecule has 0 aliphatic carbocycles. The molecular weight excluding hydrogens is 192 g/mol. The van der Waals surface area contributed by atoms with Gasteiger partial charge >= 0.3 is 0 Å². The summed E-state index contributed by atoms with van der Waals surface area (Å²) in [6, 6.07) is 5.59. The van der Waals surface area contributed by atoms with E-state index < -0.39 is 0 Å². The average molecular weight is 210 g/mol. The first-order valence-corrected chi connectivity index (χ1v) is 6.10. The van der Waals surface area contributed by atoms with Crippen molar-refractivity contribution < 1.29 is 0 Å². The Balaban J connectivity index is 2.15. The maximum Gasteiger partial charge on any atom is 0.0590 e. The molecule has 0 aromatic carbocycles. The molecule has 2 heterocycles. The van der Waals surface area contributed by atoms with Gasteiger partial charge in [0, 0.05) is 10.9 Å². The molecule has 2 unspecified atom stereocenters. The Morgan fingerprint density at radius 1 is 1.57 bits per heavy atom. The molecule has 0 saturated carbocycles. The highest BCUT2D eigenvalue weighted by Gasteiger charge is 2.27. The van der Waals surface area contributed by atoms with E-state index in [4.69, 9.17) is 0 Å². The molecule has 0 amide bonds. The van der Waals surface area contributed by atoms with Crippen LogP contribution in [0.5, 0.6) is 0 Å². The molecule has 2 atom stereocenters. The summed E-state index contributed by atoms with van der Waals surface area (Å²) < 4.78 is 0. The van der Waals surface area contributed by atoms with Crippen molar-refractivity contribution in [2.75, 3.05) is 20.6 Å². The Kier molecular flexibility index (Phi) is 3.21. The zero-order chi connectivity index (χ0) is 9.97. The van der Waals surface area contributed by atoms with Gasteiger partial charge in [0.1, 0.15) is 0 Å². The van der Waals surface area contributed by atoms with Gasteiger partial charge in [0.25, 0.3) is 0 Å². The van der Waals surface area contributed by atoms with Crippen LogP contribution in [-0.2, 0) is 0 Å². The van der Waals surface area contributed by atoms with Crippen LogP contribution in [0.2, 0.25) is 0 Å². The minimum atomic E-state index is 0.553. The fraction of sp³-hybridized carbons (Fsp3) is 0.636. The lowest BCUT2D eigenvalue weighted by Crippen LogP contribution is -2.36. The van der Waals surface area contributed by atoms with Crippen molar-refractivity contribution in [3.8, 4) is 0 Å². The summed E-state index contributed by atoms with van der Waals surface area (Å²) in [6.45, 7) is 1.18. The number of nitrogens with zero attached hydrogens (tertiary/aromatic N) is 1. The maximum absolute atomic E-state index is 3.59. The van der Waals surface area contributed by atoms with Gasteiger partial charge in [-0.25, -0.2) is 0 Å². The van der Waals surface area contributed by atoms with Crippen LogP contribution >= 0.6 is 11.3 Å². The normalized spacial score (nSPS) is 24.4. The Bertz CT molecular complexity index is 263.